The number of primary amides is 1. The maximum absolute atomic E-state index is 11.3. The summed E-state index contributed by atoms with van der Waals surface area (Å²) in [6, 6.07) is 15.0. The number of H-pyrrole nitrogens is 1. The fraction of sp³-hybridized carbons (Fsp3) is 0. The molecule has 0 saturated heterocycles. The summed E-state index contributed by atoms with van der Waals surface area (Å²) in [4.78, 5) is 14.6. The molecule has 0 aliphatic rings. The van der Waals surface area contributed by atoms with Crippen molar-refractivity contribution in [1.82, 2.24) is 4.98 Å². The third-order valence-electron chi connectivity index (χ3n) is 3.86. The first-order valence-electron chi connectivity index (χ1n) is 6.61. The number of nitrogens with two attached hydrogens (primary N) is 1. The Bertz CT molecular complexity index is 1030. The van der Waals surface area contributed by atoms with Crippen molar-refractivity contribution < 1.29 is 9.90 Å². The molecule has 1 heterocycles. The molecule has 4 aromatic rings. The fourth-order valence-corrected chi connectivity index (χ4v) is 2.90. The van der Waals surface area contributed by atoms with Gasteiger partial charge in [0, 0.05) is 27.2 Å². The molecule has 4 rings (SSSR count). The Labute approximate surface area is 119 Å². The molecule has 21 heavy (non-hydrogen) atoms. The van der Waals surface area contributed by atoms with Crippen molar-refractivity contribution in [1.29, 1.82) is 0 Å². The molecule has 0 radical (unpaired) electrons. The van der Waals surface area contributed by atoms with Gasteiger partial charge >= 0.3 is 0 Å². The number of carbonyl (C=O) groups excluding carboxylic acids is 1. The number of nitrogens with one attached hydrogen (secondary N) is 1. The Kier molecular flexibility index (Phi) is 2.24. The third kappa shape index (κ3) is 1.59. The normalized spacial score (nSPS) is 11.4. The second-order valence-electron chi connectivity index (χ2n) is 5.12. The zero-order valence-corrected chi connectivity index (χ0v) is 11.1. The van der Waals surface area contributed by atoms with Crippen molar-refractivity contribution in [2.75, 3.05) is 0 Å². The molecule has 4 nitrogen and oxygen atoms in total. The maximum atomic E-state index is 11.3. The molecule has 0 aliphatic heterocycles. The summed E-state index contributed by atoms with van der Waals surface area (Å²) >= 11 is 0. The van der Waals surface area contributed by atoms with E-state index in [1.807, 2.05) is 36.4 Å². The van der Waals surface area contributed by atoms with Gasteiger partial charge in [0.1, 0.15) is 5.75 Å². The molecule has 1 amide bonds. The van der Waals surface area contributed by atoms with Crippen LogP contribution in [-0.4, -0.2) is 16.0 Å². The Morgan fingerprint density at radius 3 is 2.67 bits per heavy atom. The van der Waals surface area contributed by atoms with Crippen LogP contribution in [0.1, 0.15) is 10.4 Å². The zero-order chi connectivity index (χ0) is 14.6. The standard InChI is InChI=1S/C17H12N2O2/c18-17(21)10-7-9-5-6-12-11-3-1-2-4-13(11)19-16(12)15(9)14(20)8-10/h1-8,19-20H,(H2,18,21). The van der Waals surface area contributed by atoms with E-state index in [-0.39, 0.29) is 5.75 Å². The molecular formula is C17H12N2O2. The Balaban J connectivity index is 2.21. The van der Waals surface area contributed by atoms with Gasteiger partial charge in [0.15, 0.2) is 0 Å². The van der Waals surface area contributed by atoms with Gasteiger partial charge in [-0.05, 0) is 23.6 Å². The number of phenolic OH excluding ortho intramolecular Hbond substituents is 1. The van der Waals surface area contributed by atoms with Crippen molar-refractivity contribution in [3.63, 3.8) is 0 Å². The number of para-hydroxylation sites is 1. The van der Waals surface area contributed by atoms with E-state index in [1.165, 1.54) is 6.07 Å². The second-order valence-corrected chi connectivity index (χ2v) is 5.12. The van der Waals surface area contributed by atoms with E-state index in [0.717, 1.165) is 27.2 Å². The number of phenols is 1. The van der Waals surface area contributed by atoms with Gasteiger partial charge in [-0.15, -0.1) is 0 Å². The van der Waals surface area contributed by atoms with Crippen LogP contribution in [-0.2, 0) is 0 Å². The minimum absolute atomic E-state index is 0.0541. The van der Waals surface area contributed by atoms with Gasteiger partial charge in [-0.1, -0.05) is 30.3 Å². The van der Waals surface area contributed by atoms with Crippen LogP contribution in [0, 0.1) is 0 Å². The van der Waals surface area contributed by atoms with Crippen LogP contribution in [0.3, 0.4) is 0 Å². The smallest absolute Gasteiger partial charge is 0.248 e. The van der Waals surface area contributed by atoms with Gasteiger partial charge < -0.3 is 15.8 Å². The monoisotopic (exact) mass is 276 g/mol. The zero-order valence-electron chi connectivity index (χ0n) is 11.1. The van der Waals surface area contributed by atoms with E-state index in [4.69, 9.17) is 5.73 Å². The average molecular weight is 276 g/mol. The lowest BCUT2D eigenvalue weighted by Crippen LogP contribution is -2.10. The molecule has 0 unspecified atom stereocenters. The van der Waals surface area contributed by atoms with Crippen molar-refractivity contribution in [3.8, 4) is 5.75 Å². The summed E-state index contributed by atoms with van der Waals surface area (Å²) in [7, 11) is 0. The van der Waals surface area contributed by atoms with E-state index < -0.39 is 5.91 Å². The van der Waals surface area contributed by atoms with Crippen molar-refractivity contribution in [2.24, 2.45) is 5.73 Å². The van der Waals surface area contributed by atoms with E-state index in [2.05, 4.69) is 4.98 Å². The number of hydrogen-bond donors (Lipinski definition) is 3. The Morgan fingerprint density at radius 1 is 1.05 bits per heavy atom. The molecule has 102 valence electrons. The fourth-order valence-electron chi connectivity index (χ4n) is 2.90. The molecule has 0 bridgehead atoms. The van der Waals surface area contributed by atoms with E-state index in [0.29, 0.717) is 10.9 Å². The van der Waals surface area contributed by atoms with Gasteiger partial charge in [0.05, 0.1) is 5.52 Å². The summed E-state index contributed by atoms with van der Waals surface area (Å²) in [6.45, 7) is 0. The van der Waals surface area contributed by atoms with Gasteiger partial charge in [-0.2, -0.15) is 0 Å². The minimum atomic E-state index is -0.552. The van der Waals surface area contributed by atoms with Gasteiger partial charge in [-0.25, -0.2) is 0 Å². The highest BCUT2D eigenvalue weighted by Crippen LogP contribution is 2.36. The van der Waals surface area contributed by atoms with Crippen LogP contribution < -0.4 is 5.73 Å². The SMILES string of the molecule is NC(=O)c1cc(O)c2c(ccc3c4ccccc4[nH]c32)c1. The number of fused-ring (bicyclic) bond motifs is 5. The molecule has 0 aliphatic carbocycles. The summed E-state index contributed by atoms with van der Waals surface area (Å²) < 4.78 is 0. The molecule has 0 fully saturated rings. The average Bonchev–Trinajstić information content (AvgIpc) is 2.85. The highest BCUT2D eigenvalue weighted by molar-refractivity contribution is 6.19. The highest BCUT2D eigenvalue weighted by atomic mass is 16.3. The summed E-state index contributed by atoms with van der Waals surface area (Å²) in [6.07, 6.45) is 0. The third-order valence-corrected chi connectivity index (χ3v) is 3.86. The topological polar surface area (TPSA) is 79.1 Å². The van der Waals surface area contributed by atoms with Gasteiger partial charge in [-0.3, -0.25) is 4.79 Å². The second kappa shape index (κ2) is 3.99. The molecule has 0 atom stereocenters. The summed E-state index contributed by atoms with van der Waals surface area (Å²) in [5.74, 6) is -0.498. The summed E-state index contributed by atoms with van der Waals surface area (Å²) in [5, 5.41) is 13.9. The number of amides is 1. The molecule has 0 saturated carbocycles. The van der Waals surface area contributed by atoms with Crippen molar-refractivity contribution in [3.05, 3.63) is 54.1 Å². The highest BCUT2D eigenvalue weighted by Gasteiger charge is 2.13. The number of carbonyl (C=O) groups is 1. The molecule has 4 N–H and O–H groups in total. The lowest BCUT2D eigenvalue weighted by molar-refractivity contribution is 0.1000. The lowest BCUT2D eigenvalue weighted by atomic mass is 10.0. The Morgan fingerprint density at radius 2 is 1.86 bits per heavy atom. The number of hydrogen-bond acceptors (Lipinski definition) is 2. The Hall–Kier alpha value is -3.01. The first kappa shape index (κ1) is 11.8. The van der Waals surface area contributed by atoms with Crippen molar-refractivity contribution in [2.45, 2.75) is 0 Å². The van der Waals surface area contributed by atoms with Gasteiger partial charge in [0.2, 0.25) is 5.91 Å². The van der Waals surface area contributed by atoms with Crippen LogP contribution in [0.25, 0.3) is 32.6 Å². The number of aromatic amines is 1. The summed E-state index contributed by atoms with van der Waals surface area (Å²) in [5.41, 5.74) is 7.47. The largest absolute Gasteiger partial charge is 0.507 e. The predicted molar refractivity (Wildman–Crippen MR) is 83.5 cm³/mol. The first-order chi connectivity index (χ1) is 10.1. The minimum Gasteiger partial charge on any atom is -0.507 e. The van der Waals surface area contributed by atoms with Crippen molar-refractivity contribution >= 4 is 38.5 Å². The molecule has 3 aromatic carbocycles. The number of benzene rings is 3. The quantitative estimate of drug-likeness (QED) is 0.499. The number of rotatable bonds is 1. The van der Waals surface area contributed by atoms with Gasteiger partial charge in [0.25, 0.3) is 0 Å². The number of aromatic hydroxyl groups is 1. The predicted octanol–water partition coefficient (Wildman–Crippen LogP) is 3.28. The van der Waals surface area contributed by atoms with Crippen LogP contribution >= 0.6 is 0 Å². The maximum Gasteiger partial charge on any atom is 0.248 e. The first-order valence-corrected chi connectivity index (χ1v) is 6.61. The van der Waals surface area contributed by atoms with Crippen LogP contribution in [0.5, 0.6) is 5.75 Å². The van der Waals surface area contributed by atoms with E-state index in [1.54, 1.807) is 6.07 Å². The lowest BCUT2D eigenvalue weighted by Gasteiger charge is -2.05. The van der Waals surface area contributed by atoms with E-state index in [9.17, 15) is 9.90 Å². The molecular weight excluding hydrogens is 264 g/mol. The molecule has 1 aromatic heterocycles. The number of aromatic nitrogens is 1. The molecule has 0 spiro atoms. The molecule has 4 heteroatoms. The van der Waals surface area contributed by atoms with Crippen LogP contribution in [0.15, 0.2) is 48.5 Å². The van der Waals surface area contributed by atoms with Crippen LogP contribution in [0.4, 0.5) is 0 Å². The van der Waals surface area contributed by atoms with E-state index >= 15 is 0 Å². The van der Waals surface area contributed by atoms with Crippen LogP contribution in [0.2, 0.25) is 0 Å².